The zero-order valence-electron chi connectivity index (χ0n) is 13.7. The molecule has 1 aromatic carbocycles. The summed E-state index contributed by atoms with van der Waals surface area (Å²) >= 11 is 0. The average Bonchev–Trinajstić information content (AvgIpc) is 2.46. The molecule has 116 valence electrons. The van der Waals surface area contributed by atoms with E-state index < -0.39 is 0 Å². The highest BCUT2D eigenvalue weighted by Crippen LogP contribution is 2.16. The van der Waals surface area contributed by atoms with Crippen LogP contribution in [0.5, 0.6) is 0 Å². The standard InChI is InChI=1S/C16H26N4O/c1-6-20(7-2)12-16(21)18-15-10-8-14(9-11-15)17-13(3)19(4)5/h8-11H,6-7,12H2,1-5H3,(H,18,21)/b17-13+. The van der Waals surface area contributed by atoms with Gasteiger partial charge in [0.1, 0.15) is 5.84 Å². The maximum Gasteiger partial charge on any atom is 0.238 e. The van der Waals surface area contributed by atoms with Gasteiger partial charge < -0.3 is 10.2 Å². The molecule has 1 amide bonds. The van der Waals surface area contributed by atoms with Crippen molar-refractivity contribution in [1.82, 2.24) is 9.80 Å². The maximum absolute atomic E-state index is 11.9. The quantitative estimate of drug-likeness (QED) is 0.647. The number of amides is 1. The number of hydrogen-bond acceptors (Lipinski definition) is 3. The highest BCUT2D eigenvalue weighted by molar-refractivity contribution is 5.92. The molecule has 5 nitrogen and oxygen atoms in total. The second kappa shape index (κ2) is 8.42. The minimum Gasteiger partial charge on any atom is -0.366 e. The summed E-state index contributed by atoms with van der Waals surface area (Å²) in [6.45, 7) is 8.24. The van der Waals surface area contributed by atoms with Crippen molar-refractivity contribution in [1.29, 1.82) is 0 Å². The van der Waals surface area contributed by atoms with E-state index in [0.717, 1.165) is 30.3 Å². The number of nitrogens with one attached hydrogen (secondary N) is 1. The van der Waals surface area contributed by atoms with Gasteiger partial charge in [-0.15, -0.1) is 0 Å². The summed E-state index contributed by atoms with van der Waals surface area (Å²) in [4.78, 5) is 20.4. The normalized spacial score (nSPS) is 11.6. The third-order valence-electron chi connectivity index (χ3n) is 3.35. The molecule has 1 aromatic rings. The van der Waals surface area contributed by atoms with E-state index in [2.05, 4.69) is 29.1 Å². The molecule has 0 saturated carbocycles. The van der Waals surface area contributed by atoms with Crippen LogP contribution in [-0.2, 0) is 4.79 Å². The number of rotatable bonds is 6. The Morgan fingerprint density at radius 2 is 1.71 bits per heavy atom. The number of carbonyl (C=O) groups is 1. The highest BCUT2D eigenvalue weighted by atomic mass is 16.2. The van der Waals surface area contributed by atoms with Gasteiger partial charge in [-0.2, -0.15) is 0 Å². The Kier molecular flexibility index (Phi) is 6.88. The lowest BCUT2D eigenvalue weighted by Crippen LogP contribution is -2.32. The largest absolute Gasteiger partial charge is 0.366 e. The molecule has 0 radical (unpaired) electrons. The van der Waals surface area contributed by atoms with Crippen molar-refractivity contribution in [2.45, 2.75) is 20.8 Å². The summed E-state index contributed by atoms with van der Waals surface area (Å²) in [5.41, 5.74) is 1.68. The van der Waals surface area contributed by atoms with Gasteiger partial charge in [0, 0.05) is 19.8 Å². The number of carbonyl (C=O) groups excluding carboxylic acids is 1. The lowest BCUT2D eigenvalue weighted by atomic mass is 10.3. The SMILES string of the molecule is CCN(CC)CC(=O)Nc1ccc(/N=C(\C)N(C)C)cc1. The first kappa shape index (κ1) is 17.2. The number of aliphatic imine (C=N–C) groups is 1. The first-order valence-electron chi connectivity index (χ1n) is 7.31. The van der Waals surface area contributed by atoms with Gasteiger partial charge in [0.2, 0.25) is 5.91 Å². The number of benzene rings is 1. The fraction of sp³-hybridized carbons (Fsp3) is 0.500. The fourth-order valence-corrected chi connectivity index (χ4v) is 1.76. The van der Waals surface area contributed by atoms with Gasteiger partial charge in [-0.05, 0) is 44.3 Å². The summed E-state index contributed by atoms with van der Waals surface area (Å²) in [6, 6.07) is 7.56. The van der Waals surface area contributed by atoms with Crippen molar-refractivity contribution in [2.24, 2.45) is 4.99 Å². The number of anilines is 1. The van der Waals surface area contributed by atoms with E-state index in [-0.39, 0.29) is 5.91 Å². The van der Waals surface area contributed by atoms with E-state index in [9.17, 15) is 4.79 Å². The van der Waals surface area contributed by atoms with Gasteiger partial charge >= 0.3 is 0 Å². The van der Waals surface area contributed by atoms with E-state index in [0.29, 0.717) is 6.54 Å². The predicted octanol–water partition coefficient (Wildman–Crippen LogP) is 2.58. The van der Waals surface area contributed by atoms with Gasteiger partial charge in [-0.1, -0.05) is 13.8 Å². The molecule has 0 aliphatic rings. The molecule has 0 unspecified atom stereocenters. The maximum atomic E-state index is 11.9. The molecule has 0 aromatic heterocycles. The van der Waals surface area contributed by atoms with Crippen molar-refractivity contribution >= 4 is 23.1 Å². The molecule has 0 aliphatic carbocycles. The molecule has 1 N–H and O–H groups in total. The zero-order chi connectivity index (χ0) is 15.8. The summed E-state index contributed by atoms with van der Waals surface area (Å²) in [7, 11) is 3.92. The van der Waals surface area contributed by atoms with Crippen LogP contribution < -0.4 is 5.32 Å². The molecule has 0 bridgehead atoms. The Labute approximate surface area is 127 Å². The van der Waals surface area contributed by atoms with Crippen LogP contribution in [-0.4, -0.2) is 55.3 Å². The Morgan fingerprint density at radius 1 is 1.14 bits per heavy atom. The lowest BCUT2D eigenvalue weighted by molar-refractivity contribution is -0.117. The molecule has 1 rings (SSSR count). The molecule has 0 aliphatic heterocycles. The van der Waals surface area contributed by atoms with Crippen molar-refractivity contribution in [3.8, 4) is 0 Å². The van der Waals surface area contributed by atoms with Gasteiger partial charge in [0.05, 0.1) is 12.2 Å². The Bertz CT molecular complexity index is 476. The van der Waals surface area contributed by atoms with Crippen LogP contribution >= 0.6 is 0 Å². The van der Waals surface area contributed by atoms with Crippen LogP contribution in [0.3, 0.4) is 0 Å². The van der Waals surface area contributed by atoms with E-state index in [4.69, 9.17) is 0 Å². The minimum atomic E-state index is 0.0134. The van der Waals surface area contributed by atoms with Crippen LogP contribution in [0.1, 0.15) is 20.8 Å². The van der Waals surface area contributed by atoms with E-state index in [1.807, 2.05) is 50.2 Å². The van der Waals surface area contributed by atoms with Crippen molar-refractivity contribution in [2.75, 3.05) is 39.0 Å². The molecule has 21 heavy (non-hydrogen) atoms. The summed E-state index contributed by atoms with van der Waals surface area (Å²) in [6.07, 6.45) is 0. The fourth-order valence-electron chi connectivity index (χ4n) is 1.76. The van der Waals surface area contributed by atoms with E-state index in [1.165, 1.54) is 0 Å². The second-order valence-electron chi connectivity index (χ2n) is 5.11. The minimum absolute atomic E-state index is 0.0134. The summed E-state index contributed by atoms with van der Waals surface area (Å²) < 4.78 is 0. The average molecular weight is 290 g/mol. The Morgan fingerprint density at radius 3 is 2.19 bits per heavy atom. The highest BCUT2D eigenvalue weighted by Gasteiger charge is 2.07. The van der Waals surface area contributed by atoms with Gasteiger partial charge in [0.25, 0.3) is 0 Å². The Balaban J connectivity index is 2.62. The van der Waals surface area contributed by atoms with Crippen LogP contribution in [0.2, 0.25) is 0 Å². The van der Waals surface area contributed by atoms with Crippen LogP contribution in [0.4, 0.5) is 11.4 Å². The summed E-state index contributed by atoms with van der Waals surface area (Å²) in [5.74, 6) is 0.952. The molecule has 0 spiro atoms. The van der Waals surface area contributed by atoms with Gasteiger partial charge in [-0.25, -0.2) is 4.99 Å². The predicted molar refractivity (Wildman–Crippen MR) is 89.3 cm³/mol. The first-order chi connectivity index (χ1) is 9.96. The monoisotopic (exact) mass is 290 g/mol. The van der Waals surface area contributed by atoms with Crippen molar-refractivity contribution in [3.63, 3.8) is 0 Å². The molecule has 0 atom stereocenters. The smallest absolute Gasteiger partial charge is 0.238 e. The first-order valence-corrected chi connectivity index (χ1v) is 7.31. The van der Waals surface area contributed by atoms with E-state index in [1.54, 1.807) is 0 Å². The second-order valence-corrected chi connectivity index (χ2v) is 5.11. The van der Waals surface area contributed by atoms with Crippen LogP contribution in [0.15, 0.2) is 29.3 Å². The molecule has 0 heterocycles. The number of amidine groups is 1. The van der Waals surface area contributed by atoms with E-state index >= 15 is 0 Å². The third-order valence-corrected chi connectivity index (χ3v) is 3.35. The topological polar surface area (TPSA) is 47.9 Å². The van der Waals surface area contributed by atoms with Gasteiger partial charge in [0.15, 0.2) is 0 Å². The molecule has 0 saturated heterocycles. The molecule has 0 fully saturated rings. The molecular weight excluding hydrogens is 264 g/mol. The third kappa shape index (κ3) is 5.95. The number of hydrogen-bond donors (Lipinski definition) is 1. The number of nitrogens with zero attached hydrogens (tertiary/aromatic N) is 3. The number of likely N-dealkylation sites (N-methyl/N-ethyl adjacent to an activating group) is 1. The zero-order valence-corrected chi connectivity index (χ0v) is 13.7. The Hall–Kier alpha value is -1.88. The lowest BCUT2D eigenvalue weighted by Gasteiger charge is -2.17. The van der Waals surface area contributed by atoms with Crippen LogP contribution in [0, 0.1) is 0 Å². The van der Waals surface area contributed by atoms with Crippen molar-refractivity contribution in [3.05, 3.63) is 24.3 Å². The van der Waals surface area contributed by atoms with Crippen molar-refractivity contribution < 1.29 is 4.79 Å². The molecule has 5 heteroatoms. The summed E-state index contributed by atoms with van der Waals surface area (Å²) in [5, 5.41) is 2.90. The van der Waals surface area contributed by atoms with Gasteiger partial charge in [-0.3, -0.25) is 9.69 Å². The van der Waals surface area contributed by atoms with Crippen LogP contribution in [0.25, 0.3) is 0 Å². The molecular formula is C16H26N4O.